The summed E-state index contributed by atoms with van der Waals surface area (Å²) in [4.78, 5) is 4.15. The molecule has 1 saturated carbocycles. The smallest absolute Gasteiger partial charge is 0.389 e. The first-order valence-electron chi connectivity index (χ1n) is 11.6. The van der Waals surface area contributed by atoms with Gasteiger partial charge in [0.05, 0.1) is 24.4 Å². The highest BCUT2D eigenvalue weighted by atomic mass is 19.4. The van der Waals surface area contributed by atoms with Crippen molar-refractivity contribution >= 4 is 5.69 Å². The van der Waals surface area contributed by atoms with Crippen molar-refractivity contribution in [3.8, 4) is 0 Å². The number of hydrogen-bond acceptors (Lipinski definition) is 4. The molecule has 4 atom stereocenters. The van der Waals surface area contributed by atoms with Crippen molar-refractivity contribution in [2.45, 2.75) is 58.4 Å². The molecule has 1 N–H and O–H groups in total. The van der Waals surface area contributed by atoms with Crippen LogP contribution in [0.3, 0.4) is 0 Å². The zero-order chi connectivity index (χ0) is 22.6. The Morgan fingerprint density at radius 2 is 1.84 bits per heavy atom. The average molecular weight is 443 g/mol. The van der Waals surface area contributed by atoms with E-state index < -0.39 is 17.8 Å². The predicted octanol–water partition coefficient (Wildman–Crippen LogP) is 4.67. The highest BCUT2D eigenvalue weighted by Crippen LogP contribution is 2.35. The van der Waals surface area contributed by atoms with E-state index in [-0.39, 0.29) is 6.10 Å². The Balaban J connectivity index is 1.44. The van der Waals surface area contributed by atoms with Gasteiger partial charge in [0.15, 0.2) is 0 Å². The summed E-state index contributed by atoms with van der Waals surface area (Å²) < 4.78 is 45.1. The summed E-state index contributed by atoms with van der Waals surface area (Å²) in [7, 11) is 0. The number of β-amino-alcohol motifs (C(OH)–C–C–N with tert-alkyl or cyclic N) is 1. The summed E-state index contributed by atoms with van der Waals surface area (Å²) in [5, 5.41) is 10.5. The Bertz CT molecular complexity index is 690. The largest absolute Gasteiger partial charge is 0.416 e. The molecule has 1 aromatic carbocycles. The van der Waals surface area contributed by atoms with Gasteiger partial charge >= 0.3 is 6.18 Å². The maximum atomic E-state index is 13.0. The van der Waals surface area contributed by atoms with Crippen molar-refractivity contribution in [3.05, 3.63) is 29.8 Å². The van der Waals surface area contributed by atoms with Crippen molar-refractivity contribution in [1.82, 2.24) is 4.90 Å². The number of aliphatic hydroxyl groups excluding tert-OH is 1. The molecule has 3 rings (SSSR count). The molecular weight excluding hydrogens is 405 g/mol. The van der Waals surface area contributed by atoms with Gasteiger partial charge in [-0.1, -0.05) is 33.3 Å². The number of anilines is 1. The fourth-order valence-electron chi connectivity index (χ4n) is 4.96. The maximum absolute atomic E-state index is 13.0. The van der Waals surface area contributed by atoms with E-state index in [0.29, 0.717) is 62.8 Å². The van der Waals surface area contributed by atoms with Gasteiger partial charge in [-0.05, 0) is 48.8 Å². The van der Waals surface area contributed by atoms with Crippen LogP contribution in [0.15, 0.2) is 24.3 Å². The van der Waals surface area contributed by atoms with Gasteiger partial charge in [0.2, 0.25) is 0 Å². The molecule has 4 unspecified atom stereocenters. The Kier molecular flexibility index (Phi) is 8.27. The van der Waals surface area contributed by atoms with E-state index in [1.54, 1.807) is 6.07 Å². The van der Waals surface area contributed by atoms with E-state index in [2.05, 4.69) is 25.7 Å². The number of aliphatic hydroxyl groups is 1. The van der Waals surface area contributed by atoms with E-state index >= 15 is 0 Å². The summed E-state index contributed by atoms with van der Waals surface area (Å²) in [6.07, 6.45) is -1.16. The summed E-state index contributed by atoms with van der Waals surface area (Å²) >= 11 is 0. The monoisotopic (exact) mass is 442 g/mol. The van der Waals surface area contributed by atoms with Gasteiger partial charge < -0.3 is 14.7 Å². The number of halogens is 3. The molecule has 176 valence electrons. The summed E-state index contributed by atoms with van der Waals surface area (Å²) in [5.74, 6) is 1.80. The molecule has 2 fully saturated rings. The zero-order valence-corrected chi connectivity index (χ0v) is 18.9. The third-order valence-corrected chi connectivity index (χ3v) is 6.84. The van der Waals surface area contributed by atoms with E-state index in [0.717, 1.165) is 12.5 Å². The number of rotatable bonds is 7. The SMILES string of the molecule is CC1CCC(C(C)C)C(OCC(O)CN2CCN(c3cccc(C(F)(F)F)c3)CC2)C1. The van der Waals surface area contributed by atoms with Gasteiger partial charge in [-0.25, -0.2) is 0 Å². The minimum atomic E-state index is -4.33. The Morgan fingerprint density at radius 3 is 2.48 bits per heavy atom. The fraction of sp³-hybridized carbons (Fsp3) is 0.750. The molecule has 0 spiro atoms. The lowest BCUT2D eigenvalue weighted by Crippen LogP contribution is -2.49. The van der Waals surface area contributed by atoms with Crippen LogP contribution < -0.4 is 4.90 Å². The topological polar surface area (TPSA) is 35.9 Å². The van der Waals surface area contributed by atoms with Crippen LogP contribution >= 0.6 is 0 Å². The molecule has 0 aromatic heterocycles. The molecule has 0 radical (unpaired) electrons. The van der Waals surface area contributed by atoms with Crippen LogP contribution in [0.5, 0.6) is 0 Å². The van der Waals surface area contributed by atoms with Gasteiger partial charge in [-0.15, -0.1) is 0 Å². The number of alkyl halides is 3. The molecule has 1 heterocycles. The Hall–Kier alpha value is -1.31. The van der Waals surface area contributed by atoms with Gasteiger partial charge in [0.25, 0.3) is 0 Å². The van der Waals surface area contributed by atoms with Crippen LogP contribution in [0.2, 0.25) is 0 Å². The second-order valence-corrected chi connectivity index (χ2v) is 9.69. The van der Waals surface area contributed by atoms with E-state index in [1.165, 1.54) is 25.0 Å². The van der Waals surface area contributed by atoms with Crippen LogP contribution in [0.1, 0.15) is 45.6 Å². The first-order valence-corrected chi connectivity index (χ1v) is 11.6. The molecule has 0 bridgehead atoms. The van der Waals surface area contributed by atoms with E-state index in [4.69, 9.17) is 4.74 Å². The highest BCUT2D eigenvalue weighted by Gasteiger charge is 2.33. The molecule has 7 heteroatoms. The lowest BCUT2D eigenvalue weighted by atomic mass is 9.75. The molecule has 1 aliphatic carbocycles. The van der Waals surface area contributed by atoms with Crippen LogP contribution in [-0.2, 0) is 10.9 Å². The number of benzene rings is 1. The van der Waals surface area contributed by atoms with Crippen molar-refractivity contribution in [2.75, 3.05) is 44.2 Å². The predicted molar refractivity (Wildman–Crippen MR) is 117 cm³/mol. The average Bonchev–Trinajstić information content (AvgIpc) is 2.72. The molecule has 1 aromatic rings. The summed E-state index contributed by atoms with van der Waals surface area (Å²) in [6, 6.07) is 5.51. The van der Waals surface area contributed by atoms with Crippen LogP contribution in [-0.4, -0.2) is 61.5 Å². The fourth-order valence-corrected chi connectivity index (χ4v) is 4.96. The molecule has 1 saturated heterocycles. The van der Waals surface area contributed by atoms with E-state index in [1.807, 2.05) is 4.90 Å². The minimum Gasteiger partial charge on any atom is -0.389 e. The lowest BCUT2D eigenvalue weighted by Gasteiger charge is -2.39. The van der Waals surface area contributed by atoms with Gasteiger partial charge in [-0.2, -0.15) is 13.2 Å². The number of piperazine rings is 1. The normalized spacial score (nSPS) is 27.0. The molecule has 4 nitrogen and oxygen atoms in total. The number of ether oxygens (including phenoxy) is 1. The van der Waals surface area contributed by atoms with Gasteiger partial charge in [0.1, 0.15) is 0 Å². The molecule has 31 heavy (non-hydrogen) atoms. The first-order chi connectivity index (χ1) is 14.6. The van der Waals surface area contributed by atoms with Crippen molar-refractivity contribution in [2.24, 2.45) is 17.8 Å². The van der Waals surface area contributed by atoms with Crippen LogP contribution in [0.4, 0.5) is 18.9 Å². The van der Waals surface area contributed by atoms with Gasteiger partial charge in [0, 0.05) is 38.4 Å². The second-order valence-electron chi connectivity index (χ2n) is 9.69. The van der Waals surface area contributed by atoms with Crippen molar-refractivity contribution in [3.63, 3.8) is 0 Å². The first kappa shape index (κ1) is 24.3. The Morgan fingerprint density at radius 1 is 1.13 bits per heavy atom. The lowest BCUT2D eigenvalue weighted by molar-refractivity contribution is -0.137. The van der Waals surface area contributed by atoms with Crippen LogP contribution in [0.25, 0.3) is 0 Å². The third kappa shape index (κ3) is 6.83. The summed E-state index contributed by atoms with van der Waals surface area (Å²) in [6.45, 7) is 10.3. The quantitative estimate of drug-likeness (QED) is 0.666. The van der Waals surface area contributed by atoms with Crippen molar-refractivity contribution < 1.29 is 23.0 Å². The highest BCUT2D eigenvalue weighted by molar-refractivity contribution is 5.49. The molecule has 2 aliphatic rings. The van der Waals surface area contributed by atoms with Crippen molar-refractivity contribution in [1.29, 1.82) is 0 Å². The van der Waals surface area contributed by atoms with E-state index in [9.17, 15) is 18.3 Å². The molecule has 1 aliphatic heterocycles. The summed E-state index contributed by atoms with van der Waals surface area (Å²) in [5.41, 5.74) is -0.0127. The van der Waals surface area contributed by atoms with Gasteiger partial charge in [-0.3, -0.25) is 4.90 Å². The maximum Gasteiger partial charge on any atom is 0.416 e. The third-order valence-electron chi connectivity index (χ3n) is 6.84. The second kappa shape index (κ2) is 10.5. The minimum absolute atomic E-state index is 0.219. The number of nitrogens with zero attached hydrogens (tertiary/aromatic N) is 2. The van der Waals surface area contributed by atoms with Crippen LogP contribution in [0, 0.1) is 17.8 Å². The zero-order valence-electron chi connectivity index (χ0n) is 18.9. The molecular formula is C24H37F3N2O2. The Labute approximate surface area is 184 Å². The standard InChI is InChI=1S/C24H37F3N2O2/c1-17(2)22-8-7-18(3)13-23(22)31-16-21(30)15-28-9-11-29(12-10-28)20-6-4-5-19(14-20)24(25,26)27/h4-6,14,17-18,21-23,30H,7-13,15-16H2,1-3H3. The molecule has 0 amide bonds. The number of hydrogen-bond donors (Lipinski definition) is 1.